The maximum atomic E-state index is 12.3. The van der Waals surface area contributed by atoms with Gasteiger partial charge >= 0.3 is 5.69 Å². The molecule has 1 rings (SSSR count). The number of phenols is 1. The van der Waals surface area contributed by atoms with E-state index in [0.29, 0.717) is 0 Å². The van der Waals surface area contributed by atoms with Crippen LogP contribution in [0.2, 0.25) is 0 Å². The average Bonchev–Trinajstić information content (AvgIpc) is 2.43. The second-order valence-electron chi connectivity index (χ2n) is 4.54. The number of benzene rings is 1. The van der Waals surface area contributed by atoms with Crippen LogP contribution in [-0.2, 0) is 4.79 Å². The van der Waals surface area contributed by atoms with Gasteiger partial charge in [-0.1, -0.05) is 6.07 Å². The Morgan fingerprint density at radius 2 is 1.95 bits per heavy atom. The van der Waals surface area contributed by atoms with E-state index >= 15 is 0 Å². The predicted octanol–water partition coefficient (Wildman–Crippen LogP) is 0.851. The topological polar surface area (TPSA) is 104 Å². The lowest BCUT2D eigenvalue weighted by molar-refractivity contribution is -0.385. The number of nitro groups is 1. The molecule has 2 amide bonds. The molecule has 1 aromatic rings. The molecule has 0 heterocycles. The van der Waals surface area contributed by atoms with Gasteiger partial charge in [0.2, 0.25) is 11.7 Å². The Labute approximate surface area is 121 Å². The van der Waals surface area contributed by atoms with Gasteiger partial charge in [-0.2, -0.15) is 0 Å². The molecular weight excluding hydrogens is 278 g/mol. The first kappa shape index (κ1) is 16.4. The minimum Gasteiger partial charge on any atom is -0.502 e. The van der Waals surface area contributed by atoms with E-state index in [4.69, 9.17) is 0 Å². The molecule has 0 fully saturated rings. The van der Waals surface area contributed by atoms with Crippen molar-refractivity contribution < 1.29 is 19.6 Å². The van der Waals surface area contributed by atoms with Crippen molar-refractivity contribution in [2.45, 2.75) is 6.92 Å². The number of nitrogens with zero attached hydrogens (tertiary/aromatic N) is 3. The van der Waals surface area contributed by atoms with Gasteiger partial charge in [0, 0.05) is 26.7 Å². The molecule has 0 saturated heterocycles. The second kappa shape index (κ2) is 6.69. The van der Waals surface area contributed by atoms with Crippen LogP contribution in [0.15, 0.2) is 18.2 Å². The maximum Gasteiger partial charge on any atom is 0.311 e. The van der Waals surface area contributed by atoms with Crippen LogP contribution in [0, 0.1) is 10.1 Å². The lowest BCUT2D eigenvalue weighted by Crippen LogP contribution is -2.40. The van der Waals surface area contributed by atoms with E-state index in [2.05, 4.69) is 0 Å². The van der Waals surface area contributed by atoms with E-state index in [0.717, 1.165) is 6.07 Å². The highest BCUT2D eigenvalue weighted by Gasteiger charge is 2.25. The molecule has 21 heavy (non-hydrogen) atoms. The summed E-state index contributed by atoms with van der Waals surface area (Å²) in [5, 5.41) is 20.6. The van der Waals surface area contributed by atoms with Gasteiger partial charge in [-0.25, -0.2) is 0 Å². The molecule has 114 valence electrons. The first-order valence-corrected chi connectivity index (χ1v) is 6.25. The van der Waals surface area contributed by atoms with Crippen LogP contribution in [0.25, 0.3) is 0 Å². The van der Waals surface area contributed by atoms with E-state index in [1.807, 2.05) is 0 Å². The molecule has 0 radical (unpaired) electrons. The van der Waals surface area contributed by atoms with Gasteiger partial charge < -0.3 is 14.9 Å². The quantitative estimate of drug-likeness (QED) is 0.640. The van der Waals surface area contributed by atoms with Crippen LogP contribution in [0.3, 0.4) is 0 Å². The minimum atomic E-state index is -0.770. The zero-order valence-electron chi connectivity index (χ0n) is 12.1. The molecule has 0 aliphatic heterocycles. The van der Waals surface area contributed by atoms with Crippen molar-refractivity contribution in [3.63, 3.8) is 0 Å². The summed E-state index contributed by atoms with van der Waals surface area (Å²) in [5.41, 5.74) is -0.742. The Morgan fingerprint density at radius 1 is 1.33 bits per heavy atom. The lowest BCUT2D eigenvalue weighted by Gasteiger charge is -2.22. The maximum absolute atomic E-state index is 12.3. The highest BCUT2D eigenvalue weighted by Crippen LogP contribution is 2.30. The zero-order chi connectivity index (χ0) is 16.2. The summed E-state index contributed by atoms with van der Waals surface area (Å²) in [6, 6.07) is 3.70. The summed E-state index contributed by atoms with van der Waals surface area (Å²) in [4.78, 5) is 36.5. The number of phenolic OH excluding ortho intramolecular Hbond substituents is 1. The molecule has 1 aromatic carbocycles. The number of hydrogen-bond donors (Lipinski definition) is 1. The van der Waals surface area contributed by atoms with E-state index in [-0.39, 0.29) is 24.6 Å². The Morgan fingerprint density at radius 3 is 2.43 bits per heavy atom. The molecule has 0 unspecified atom stereocenters. The summed E-state index contributed by atoms with van der Waals surface area (Å²) in [6.07, 6.45) is 0. The first-order valence-electron chi connectivity index (χ1n) is 6.25. The van der Waals surface area contributed by atoms with Gasteiger partial charge in [-0.05, 0) is 13.0 Å². The molecular formula is C13H17N3O5. The number of aromatic hydroxyl groups is 1. The second-order valence-corrected chi connectivity index (χ2v) is 4.54. The normalized spacial score (nSPS) is 10.0. The fourth-order valence-electron chi connectivity index (χ4n) is 1.65. The van der Waals surface area contributed by atoms with Gasteiger partial charge in [0.1, 0.15) is 0 Å². The number of carbonyl (C=O) groups is 2. The minimum absolute atomic E-state index is 0.162. The Bertz CT molecular complexity index is 571. The summed E-state index contributed by atoms with van der Waals surface area (Å²) in [7, 11) is 3.12. The summed E-state index contributed by atoms with van der Waals surface area (Å²) < 4.78 is 0. The average molecular weight is 295 g/mol. The number of nitro benzene ring substituents is 1. The van der Waals surface area contributed by atoms with Crippen LogP contribution in [0.1, 0.15) is 17.3 Å². The Balaban J connectivity index is 3.09. The van der Waals surface area contributed by atoms with Gasteiger partial charge in [0.25, 0.3) is 5.91 Å². The number of rotatable bonds is 5. The third kappa shape index (κ3) is 3.68. The van der Waals surface area contributed by atoms with Crippen LogP contribution < -0.4 is 0 Å². The molecule has 0 atom stereocenters. The summed E-state index contributed by atoms with van der Waals surface area (Å²) >= 11 is 0. The van der Waals surface area contributed by atoms with E-state index in [1.165, 1.54) is 21.9 Å². The fourth-order valence-corrected chi connectivity index (χ4v) is 1.65. The highest BCUT2D eigenvalue weighted by molar-refractivity contribution is 5.99. The van der Waals surface area contributed by atoms with Crippen molar-refractivity contribution in [2.75, 3.05) is 27.2 Å². The van der Waals surface area contributed by atoms with E-state index < -0.39 is 22.3 Å². The number of likely N-dealkylation sites (N-methyl/N-ethyl adjacent to an activating group) is 2. The molecule has 0 aliphatic carbocycles. The molecule has 0 aromatic heterocycles. The third-order valence-electron chi connectivity index (χ3n) is 2.94. The monoisotopic (exact) mass is 295 g/mol. The summed E-state index contributed by atoms with van der Waals surface area (Å²) in [5.74, 6) is -1.60. The van der Waals surface area contributed by atoms with Crippen molar-refractivity contribution in [3.8, 4) is 5.75 Å². The number of amides is 2. The molecule has 8 heteroatoms. The van der Waals surface area contributed by atoms with Gasteiger partial charge in [0.05, 0.1) is 17.0 Å². The number of hydrogen-bond acceptors (Lipinski definition) is 5. The van der Waals surface area contributed by atoms with Gasteiger partial charge in [-0.15, -0.1) is 0 Å². The van der Waals surface area contributed by atoms with E-state index in [1.54, 1.807) is 21.0 Å². The first-order chi connectivity index (χ1) is 9.79. The highest BCUT2D eigenvalue weighted by atomic mass is 16.6. The largest absolute Gasteiger partial charge is 0.502 e. The van der Waals surface area contributed by atoms with Gasteiger partial charge in [0.15, 0.2) is 0 Å². The predicted molar refractivity (Wildman–Crippen MR) is 75.0 cm³/mol. The Hall–Kier alpha value is -2.64. The number of carbonyl (C=O) groups excluding carboxylic acids is 2. The van der Waals surface area contributed by atoms with E-state index in [9.17, 15) is 24.8 Å². The van der Waals surface area contributed by atoms with Crippen LogP contribution >= 0.6 is 0 Å². The molecule has 1 N–H and O–H groups in total. The SMILES string of the molecule is CCN(CC(=O)N(C)C)C(=O)c1cccc([N+](=O)[O-])c1O. The van der Waals surface area contributed by atoms with Crippen LogP contribution in [-0.4, -0.2) is 58.8 Å². The van der Waals surface area contributed by atoms with Crippen molar-refractivity contribution >= 4 is 17.5 Å². The van der Waals surface area contributed by atoms with Crippen LogP contribution in [0.4, 0.5) is 5.69 Å². The number of para-hydroxylation sites is 1. The third-order valence-corrected chi connectivity index (χ3v) is 2.94. The molecule has 0 bridgehead atoms. The summed E-state index contributed by atoms with van der Waals surface area (Å²) in [6.45, 7) is 1.75. The molecule has 0 spiro atoms. The zero-order valence-corrected chi connectivity index (χ0v) is 12.1. The van der Waals surface area contributed by atoms with Crippen molar-refractivity contribution in [1.82, 2.24) is 9.80 Å². The van der Waals surface area contributed by atoms with Crippen LogP contribution in [0.5, 0.6) is 5.75 Å². The molecule has 0 saturated carbocycles. The molecule has 0 aliphatic rings. The fraction of sp³-hybridized carbons (Fsp3) is 0.385. The molecule has 8 nitrogen and oxygen atoms in total. The smallest absolute Gasteiger partial charge is 0.311 e. The van der Waals surface area contributed by atoms with Crippen molar-refractivity contribution in [1.29, 1.82) is 0 Å². The Kier molecular flexibility index (Phi) is 5.23. The van der Waals surface area contributed by atoms with Crippen molar-refractivity contribution in [3.05, 3.63) is 33.9 Å². The standard InChI is InChI=1S/C13H17N3O5/c1-4-15(8-11(17)14(2)3)13(19)9-6-5-7-10(12(9)18)16(20)21/h5-7,18H,4,8H2,1-3H3. The van der Waals surface area contributed by atoms with Crippen molar-refractivity contribution in [2.24, 2.45) is 0 Å². The van der Waals surface area contributed by atoms with Gasteiger partial charge in [-0.3, -0.25) is 19.7 Å². The lowest BCUT2D eigenvalue weighted by atomic mass is 10.1.